The van der Waals surface area contributed by atoms with Crippen LogP contribution in [0.25, 0.3) is 0 Å². The first kappa shape index (κ1) is 15.1. The third kappa shape index (κ3) is 4.07. The Morgan fingerprint density at radius 1 is 1.39 bits per heavy atom. The Bertz CT molecular complexity index is 382. The summed E-state index contributed by atoms with van der Waals surface area (Å²) < 4.78 is 11.2. The number of methoxy groups -OCH3 is 1. The minimum Gasteiger partial charge on any atom is -0.493 e. The average molecular weight is 272 g/mol. The van der Waals surface area contributed by atoms with Gasteiger partial charge in [-0.15, -0.1) is 0 Å². The van der Waals surface area contributed by atoms with Crippen LogP contribution in [0, 0.1) is 5.92 Å². The van der Waals surface area contributed by atoms with Crippen LogP contribution in [0.3, 0.4) is 0 Å². The quantitative estimate of drug-likeness (QED) is 0.828. The maximum absolute atomic E-state index is 6.05. The van der Waals surface area contributed by atoms with Crippen molar-refractivity contribution in [1.29, 1.82) is 0 Å². The molecule has 0 heterocycles. The van der Waals surface area contributed by atoms with E-state index >= 15 is 0 Å². The molecular formula is C14H22ClNO2. The van der Waals surface area contributed by atoms with E-state index in [9.17, 15) is 0 Å². The summed E-state index contributed by atoms with van der Waals surface area (Å²) in [6, 6.07) is 3.66. The number of halogens is 1. The lowest BCUT2D eigenvalue weighted by Gasteiger charge is -2.17. The van der Waals surface area contributed by atoms with Crippen LogP contribution >= 0.6 is 11.6 Å². The number of hydrogen-bond acceptors (Lipinski definition) is 3. The molecule has 3 nitrogen and oxygen atoms in total. The predicted octanol–water partition coefficient (Wildman–Crippen LogP) is 3.27. The van der Waals surface area contributed by atoms with Crippen LogP contribution in [-0.4, -0.2) is 20.3 Å². The summed E-state index contributed by atoms with van der Waals surface area (Å²) >= 11 is 6.05. The van der Waals surface area contributed by atoms with Crippen LogP contribution in [-0.2, 0) is 6.42 Å². The smallest absolute Gasteiger partial charge is 0.164 e. The Kier molecular flexibility index (Phi) is 6.30. The zero-order valence-corrected chi connectivity index (χ0v) is 12.1. The zero-order chi connectivity index (χ0) is 13.5. The molecule has 0 aliphatic heterocycles. The fraction of sp³-hybridized carbons (Fsp3) is 0.571. The molecule has 2 N–H and O–H groups in total. The Labute approximate surface area is 114 Å². The van der Waals surface area contributed by atoms with Crippen LogP contribution in [0.1, 0.15) is 25.8 Å². The predicted molar refractivity (Wildman–Crippen MR) is 75.7 cm³/mol. The van der Waals surface area contributed by atoms with Crippen molar-refractivity contribution >= 4 is 11.6 Å². The third-order valence-electron chi connectivity index (χ3n) is 2.94. The maximum atomic E-state index is 6.05. The van der Waals surface area contributed by atoms with Gasteiger partial charge < -0.3 is 15.2 Å². The standard InChI is InChI=1S/C14H22ClNO2/c1-4-10(2)9-18-14-11(5-6-16)7-12(15)8-13(14)17-3/h7-8,10H,4-6,9,16H2,1-3H3. The summed E-state index contributed by atoms with van der Waals surface area (Å²) in [4.78, 5) is 0. The van der Waals surface area contributed by atoms with Crippen LogP contribution in [0.5, 0.6) is 11.5 Å². The van der Waals surface area contributed by atoms with E-state index < -0.39 is 0 Å². The van der Waals surface area contributed by atoms with Crippen LogP contribution < -0.4 is 15.2 Å². The first-order chi connectivity index (χ1) is 8.62. The van der Waals surface area contributed by atoms with Crippen molar-refractivity contribution in [3.05, 3.63) is 22.7 Å². The average Bonchev–Trinajstić information content (AvgIpc) is 2.36. The molecule has 0 fully saturated rings. The van der Waals surface area contributed by atoms with Crippen molar-refractivity contribution in [2.24, 2.45) is 11.7 Å². The number of nitrogens with two attached hydrogens (primary N) is 1. The summed E-state index contributed by atoms with van der Waals surface area (Å²) in [6.07, 6.45) is 1.81. The molecule has 0 saturated heterocycles. The van der Waals surface area contributed by atoms with Crippen molar-refractivity contribution in [2.45, 2.75) is 26.7 Å². The summed E-state index contributed by atoms with van der Waals surface area (Å²) in [7, 11) is 1.62. The number of rotatable bonds is 7. The fourth-order valence-electron chi connectivity index (χ4n) is 1.62. The third-order valence-corrected chi connectivity index (χ3v) is 3.16. The summed E-state index contributed by atoms with van der Waals surface area (Å²) in [6.45, 7) is 5.54. The number of hydrogen-bond donors (Lipinski definition) is 1. The van der Waals surface area contributed by atoms with Gasteiger partial charge in [0.25, 0.3) is 0 Å². The highest BCUT2D eigenvalue weighted by molar-refractivity contribution is 6.30. The summed E-state index contributed by atoms with van der Waals surface area (Å²) in [5.41, 5.74) is 6.62. The van der Waals surface area contributed by atoms with Gasteiger partial charge in [-0.2, -0.15) is 0 Å². The second kappa shape index (κ2) is 7.49. The Balaban J connectivity index is 2.97. The van der Waals surface area contributed by atoms with Gasteiger partial charge in [-0.05, 0) is 24.9 Å². The van der Waals surface area contributed by atoms with Crippen LogP contribution in [0.15, 0.2) is 12.1 Å². The Morgan fingerprint density at radius 2 is 2.11 bits per heavy atom. The van der Waals surface area contributed by atoms with Crippen molar-refractivity contribution in [3.63, 3.8) is 0 Å². The van der Waals surface area contributed by atoms with Crippen molar-refractivity contribution in [3.8, 4) is 11.5 Å². The normalized spacial score (nSPS) is 12.3. The lowest BCUT2D eigenvalue weighted by molar-refractivity contribution is 0.242. The Hall–Kier alpha value is -0.930. The number of benzene rings is 1. The highest BCUT2D eigenvalue weighted by Crippen LogP contribution is 2.35. The molecule has 0 aliphatic rings. The molecule has 0 aliphatic carbocycles. The first-order valence-electron chi connectivity index (χ1n) is 6.31. The van der Waals surface area contributed by atoms with E-state index in [4.69, 9.17) is 26.8 Å². The molecule has 1 unspecified atom stereocenters. The van der Waals surface area contributed by atoms with Crippen molar-refractivity contribution in [2.75, 3.05) is 20.3 Å². The minimum absolute atomic E-state index is 0.510. The molecule has 1 rings (SSSR count). The largest absolute Gasteiger partial charge is 0.493 e. The molecule has 18 heavy (non-hydrogen) atoms. The highest BCUT2D eigenvalue weighted by atomic mass is 35.5. The molecule has 0 amide bonds. The second-order valence-electron chi connectivity index (χ2n) is 4.46. The van der Waals surface area contributed by atoms with Gasteiger partial charge in [0.15, 0.2) is 11.5 Å². The van der Waals surface area contributed by atoms with Gasteiger partial charge in [0.2, 0.25) is 0 Å². The second-order valence-corrected chi connectivity index (χ2v) is 4.90. The molecule has 1 aromatic rings. The van der Waals surface area contributed by atoms with Gasteiger partial charge in [-0.25, -0.2) is 0 Å². The molecule has 0 bridgehead atoms. The van der Waals surface area contributed by atoms with Gasteiger partial charge in [0.05, 0.1) is 13.7 Å². The van der Waals surface area contributed by atoms with Gasteiger partial charge >= 0.3 is 0 Å². The zero-order valence-electron chi connectivity index (χ0n) is 11.3. The Morgan fingerprint density at radius 3 is 2.67 bits per heavy atom. The van der Waals surface area contributed by atoms with Gasteiger partial charge in [0, 0.05) is 16.7 Å². The molecule has 0 spiro atoms. The SMILES string of the molecule is CCC(C)COc1c(CCN)cc(Cl)cc1OC. The molecule has 0 aromatic heterocycles. The first-order valence-corrected chi connectivity index (χ1v) is 6.69. The topological polar surface area (TPSA) is 44.5 Å². The molecule has 0 radical (unpaired) electrons. The molecule has 102 valence electrons. The lowest BCUT2D eigenvalue weighted by atomic mass is 10.1. The van der Waals surface area contributed by atoms with E-state index in [0.717, 1.165) is 24.2 Å². The monoisotopic (exact) mass is 271 g/mol. The van der Waals surface area contributed by atoms with Crippen molar-refractivity contribution < 1.29 is 9.47 Å². The minimum atomic E-state index is 0.510. The molecular weight excluding hydrogens is 250 g/mol. The van der Waals surface area contributed by atoms with E-state index in [1.54, 1.807) is 13.2 Å². The summed E-state index contributed by atoms with van der Waals surface area (Å²) in [5.74, 6) is 1.96. The number of ether oxygens (including phenoxy) is 2. The molecule has 1 aromatic carbocycles. The maximum Gasteiger partial charge on any atom is 0.164 e. The van der Waals surface area contributed by atoms with Gasteiger partial charge in [-0.3, -0.25) is 0 Å². The summed E-state index contributed by atoms with van der Waals surface area (Å²) in [5, 5.41) is 0.645. The fourth-order valence-corrected chi connectivity index (χ4v) is 1.85. The van der Waals surface area contributed by atoms with Crippen molar-refractivity contribution in [1.82, 2.24) is 0 Å². The van der Waals surface area contributed by atoms with Crippen LogP contribution in [0.2, 0.25) is 5.02 Å². The van der Waals surface area contributed by atoms with E-state index in [2.05, 4.69) is 13.8 Å². The lowest BCUT2D eigenvalue weighted by Crippen LogP contribution is -2.11. The van der Waals surface area contributed by atoms with Crippen LogP contribution in [0.4, 0.5) is 0 Å². The van der Waals surface area contributed by atoms with Gasteiger partial charge in [0.1, 0.15) is 0 Å². The van der Waals surface area contributed by atoms with E-state index in [1.807, 2.05) is 6.07 Å². The molecule has 4 heteroatoms. The van der Waals surface area contributed by atoms with E-state index in [-0.39, 0.29) is 0 Å². The van der Waals surface area contributed by atoms with E-state index in [1.165, 1.54) is 0 Å². The molecule has 1 atom stereocenters. The van der Waals surface area contributed by atoms with E-state index in [0.29, 0.717) is 29.8 Å². The van der Waals surface area contributed by atoms with Gasteiger partial charge in [-0.1, -0.05) is 31.9 Å². The highest BCUT2D eigenvalue weighted by Gasteiger charge is 2.13. The molecule has 0 saturated carbocycles.